The zero-order valence-electron chi connectivity index (χ0n) is 50.0. The Labute approximate surface area is 487 Å². The first-order valence-electron chi connectivity index (χ1n) is 32.1. The molecule has 0 spiro atoms. The van der Waals surface area contributed by atoms with Gasteiger partial charge in [0, 0.05) is 74.5 Å². The second kappa shape index (κ2) is 31.0. The van der Waals surface area contributed by atoms with Gasteiger partial charge < -0.3 is 34.9 Å². The fourth-order valence-electron chi connectivity index (χ4n) is 16.3. The third-order valence-electron chi connectivity index (χ3n) is 19.3. The average molecular weight is 1140 g/mol. The summed E-state index contributed by atoms with van der Waals surface area (Å²) in [5.41, 5.74) is 10.7. The number of nitrogen functional groups attached to an aromatic ring is 1. The topological polar surface area (TPSA) is 213 Å². The average Bonchev–Trinajstić information content (AvgIpc) is 3.81. The Kier molecular flexibility index (Phi) is 23.7. The first-order valence-corrected chi connectivity index (χ1v) is 32.1. The molecule has 4 aliphatic heterocycles. The first kappa shape index (κ1) is 62.7. The Hall–Kier alpha value is -5.35. The number of rotatable bonds is 17. The number of Topliss-reactive ketones (excluding diaryl/α,β-unsaturated/α-hetero) is 1. The third kappa shape index (κ3) is 17.2. The highest BCUT2D eigenvalue weighted by atomic mass is 16.5. The predicted octanol–water partition coefficient (Wildman–Crippen LogP) is 11.8. The number of hydrogen-bond donors (Lipinski definition) is 3. The summed E-state index contributed by atoms with van der Waals surface area (Å²) in [6.07, 6.45) is 32.6. The maximum Gasteiger partial charge on any atom is 0.374 e. The molecule has 6 unspecified atom stereocenters. The highest BCUT2D eigenvalue weighted by Crippen LogP contribution is 2.49. The highest BCUT2D eigenvalue weighted by Gasteiger charge is 2.48. The van der Waals surface area contributed by atoms with E-state index in [1.807, 2.05) is 37.3 Å². The first-order chi connectivity index (χ1) is 39.7. The van der Waals surface area contributed by atoms with Gasteiger partial charge in [-0.25, -0.2) is 9.78 Å². The number of nitrogens with one attached hydrogen (secondary N) is 1. The molecule has 1 aromatic heterocycles. The lowest BCUT2D eigenvalue weighted by atomic mass is 9.76. The molecule has 11 rings (SSSR count). The monoisotopic (exact) mass is 1130 g/mol. The number of carboxylic acids is 1. The van der Waals surface area contributed by atoms with Gasteiger partial charge in [-0.15, -0.1) is 0 Å². The quantitative estimate of drug-likeness (QED) is 0.0496. The second-order valence-corrected chi connectivity index (χ2v) is 25.1. The van der Waals surface area contributed by atoms with Gasteiger partial charge >= 0.3 is 17.9 Å². The molecule has 8 fully saturated rings. The molecule has 4 N–H and O–H groups in total. The van der Waals surface area contributed by atoms with Crippen molar-refractivity contribution in [3.05, 3.63) is 64.6 Å². The third-order valence-corrected chi connectivity index (χ3v) is 19.3. The molecule has 0 radical (unpaired) electrons. The van der Waals surface area contributed by atoms with Crippen LogP contribution in [-0.2, 0) is 44.6 Å². The van der Waals surface area contributed by atoms with E-state index in [0.717, 1.165) is 90.0 Å². The summed E-state index contributed by atoms with van der Waals surface area (Å²) in [5, 5.41) is 11.2. The van der Waals surface area contributed by atoms with Gasteiger partial charge in [-0.1, -0.05) is 75.6 Å². The lowest BCUT2D eigenvalue weighted by molar-refractivity contribution is -0.153. The summed E-state index contributed by atoms with van der Waals surface area (Å²) in [7, 11) is 0. The molecule has 0 amide bonds. The molecule has 2 aromatic carbocycles. The van der Waals surface area contributed by atoms with Crippen LogP contribution in [0.2, 0.25) is 0 Å². The summed E-state index contributed by atoms with van der Waals surface area (Å²) in [4.78, 5) is 78.2. The molecule has 4 aliphatic carbocycles. The van der Waals surface area contributed by atoms with E-state index in [9.17, 15) is 24.0 Å². The Bertz CT molecular complexity index is 2580. The van der Waals surface area contributed by atoms with Gasteiger partial charge in [-0.2, -0.15) is 0 Å². The zero-order valence-corrected chi connectivity index (χ0v) is 50.0. The molecule has 452 valence electrons. The van der Waals surface area contributed by atoms with Gasteiger partial charge in [-0.05, 0) is 178 Å². The normalized spacial score (nSPS) is 29.1. The summed E-state index contributed by atoms with van der Waals surface area (Å²) >= 11 is 0. The van der Waals surface area contributed by atoms with Crippen LogP contribution >= 0.6 is 0 Å². The van der Waals surface area contributed by atoms with Crippen molar-refractivity contribution in [2.24, 2.45) is 23.7 Å². The zero-order chi connectivity index (χ0) is 58.1. The van der Waals surface area contributed by atoms with E-state index >= 15 is 0 Å². The van der Waals surface area contributed by atoms with Gasteiger partial charge in [0.25, 0.3) is 11.5 Å². The molecule has 3 aromatic rings. The number of ether oxygens (including phenoxy) is 3. The Balaban J connectivity index is 0.000000170. The number of carbonyl (C=O) groups is 5. The minimum Gasteiger partial charge on any atom is -0.481 e. The number of para-hydroxylation sites is 4. The van der Waals surface area contributed by atoms with Crippen molar-refractivity contribution in [1.82, 2.24) is 19.4 Å². The van der Waals surface area contributed by atoms with Crippen molar-refractivity contribution >= 4 is 52.1 Å². The van der Waals surface area contributed by atoms with Crippen molar-refractivity contribution in [3.8, 4) is 0 Å². The van der Waals surface area contributed by atoms with Crippen molar-refractivity contribution in [1.29, 1.82) is 0 Å². The number of piperidine rings is 2. The van der Waals surface area contributed by atoms with Crippen LogP contribution in [0.5, 0.6) is 0 Å². The molecule has 5 heterocycles. The van der Waals surface area contributed by atoms with Crippen LogP contribution in [0.15, 0.2) is 53.3 Å². The van der Waals surface area contributed by atoms with Crippen LogP contribution in [-0.4, -0.2) is 116 Å². The molecule has 16 heteroatoms. The van der Waals surface area contributed by atoms with Crippen LogP contribution < -0.4 is 16.6 Å². The van der Waals surface area contributed by atoms with Crippen LogP contribution in [0.4, 0.5) is 11.4 Å². The number of esters is 3. The molecule has 4 saturated heterocycles. The van der Waals surface area contributed by atoms with E-state index in [-0.39, 0.29) is 43.0 Å². The lowest BCUT2D eigenvalue weighted by Crippen LogP contribution is -2.53. The van der Waals surface area contributed by atoms with Gasteiger partial charge in [-0.3, -0.25) is 33.8 Å². The van der Waals surface area contributed by atoms with Crippen LogP contribution in [0, 0.1) is 23.7 Å². The molecule has 16 nitrogen and oxygen atoms in total. The summed E-state index contributed by atoms with van der Waals surface area (Å²) in [6.45, 7) is 7.14. The van der Waals surface area contributed by atoms with Crippen molar-refractivity contribution < 1.29 is 43.3 Å². The number of nitrogens with two attached hydrogens (primary N) is 1. The molecular weight excluding hydrogens is 1040 g/mol. The molecule has 8 aliphatic rings. The molecule has 10 atom stereocenters. The number of carbonyl (C=O) groups excluding carboxylic acids is 4. The van der Waals surface area contributed by atoms with Crippen LogP contribution in [0.1, 0.15) is 213 Å². The van der Waals surface area contributed by atoms with E-state index in [1.165, 1.54) is 128 Å². The van der Waals surface area contributed by atoms with Crippen molar-refractivity contribution in [2.45, 2.75) is 256 Å². The van der Waals surface area contributed by atoms with E-state index in [0.29, 0.717) is 62.7 Å². The van der Waals surface area contributed by atoms with E-state index in [2.05, 4.69) is 47.4 Å². The van der Waals surface area contributed by atoms with Crippen LogP contribution in [0.25, 0.3) is 11.0 Å². The van der Waals surface area contributed by atoms with Crippen LogP contribution in [0.3, 0.4) is 0 Å². The number of aryl methyl sites for hydroxylation is 1. The Morgan fingerprint density at radius 3 is 1.54 bits per heavy atom. The van der Waals surface area contributed by atoms with Gasteiger partial charge in [0.05, 0.1) is 42.2 Å². The smallest absolute Gasteiger partial charge is 0.374 e. The number of aliphatic carboxylic acids is 1. The maximum absolute atomic E-state index is 13.8. The van der Waals surface area contributed by atoms with Crippen molar-refractivity contribution in [2.75, 3.05) is 30.9 Å². The lowest BCUT2D eigenvalue weighted by Gasteiger charge is -2.48. The number of hydrogen-bond acceptors (Lipinski definition) is 14. The summed E-state index contributed by atoms with van der Waals surface area (Å²) in [6, 6.07) is 21.6. The number of fused-ring (bicyclic) bond motifs is 9. The largest absolute Gasteiger partial charge is 0.481 e. The van der Waals surface area contributed by atoms with Gasteiger partial charge in [0.15, 0.2) is 0 Å². The number of ketones is 1. The number of aromatic nitrogens is 2. The molecule has 82 heavy (non-hydrogen) atoms. The fraction of sp³-hybridized carbons (Fsp3) is 0.712. The minimum absolute atomic E-state index is 0.0254. The van der Waals surface area contributed by atoms with Gasteiger partial charge in [0.1, 0.15) is 5.69 Å². The summed E-state index contributed by atoms with van der Waals surface area (Å²) in [5.74, 6) is 1.12. The minimum atomic E-state index is -0.833. The molecule has 4 saturated carbocycles. The molecule has 8 bridgehead atoms. The SMILES string of the molecule is CC(=O)O.CCOC(=O)CCCC(=O)C(=O)OCC.CCOC(=O)CCCc1nc2ccccc2n(C2C[C@H]3CC[C@@H](C2)N3C2CC3CCCCC(C3)C2)c1=O.Nc1ccccc1NC1C[C@H]2CC[C@@H](C1)N2C1CC2CCCCC(C2)C1. The standard InChI is InChI=1S/C31H43N3O3.C23H35N3.C10H16O5.C2H4O2/c1-2-37-30(35)13-7-11-28-31(36)34(29-12-6-5-10-27(29)32-28)26-19-23-14-15-24(20-26)33(23)25-17-21-8-3-4-9-22(16-21)18-25;24-22-7-3-4-8-23(22)25-18-14-19-9-10-20(15-18)26(19)21-12-16-5-1-2-6-17(11-16)13-21;1-3-14-9(12)7-5-6-8(11)10(13)15-4-2;1-2(3)4/h5-6,10,12,21-26H,2-4,7-9,11,13-20H2,1H3;3-4,7-8,16-21,25H,1-2,5-6,9-15,24H2;3-7H2,1-2H3;1H3,(H,3,4)/t21?,22?,23-,24+,25?,26?;16?,17?,18?,19-,20+,21?;;. The summed E-state index contributed by atoms with van der Waals surface area (Å²) < 4.78 is 16.3. The fourth-order valence-corrected chi connectivity index (χ4v) is 16.3. The highest BCUT2D eigenvalue weighted by molar-refractivity contribution is 6.33. The second-order valence-electron chi connectivity index (χ2n) is 25.1. The number of carboxylic acid groups (broad SMARTS) is 1. The van der Waals surface area contributed by atoms with E-state index < -0.39 is 17.7 Å². The number of benzene rings is 2. The van der Waals surface area contributed by atoms with E-state index in [4.69, 9.17) is 25.4 Å². The molecular formula is C66H98N6O10. The maximum atomic E-state index is 13.8. The number of nitrogens with zero attached hydrogens (tertiary/aromatic N) is 4. The predicted molar refractivity (Wildman–Crippen MR) is 320 cm³/mol. The Morgan fingerprint density at radius 2 is 1.04 bits per heavy atom. The van der Waals surface area contributed by atoms with E-state index in [1.54, 1.807) is 13.8 Å². The Morgan fingerprint density at radius 1 is 0.573 bits per heavy atom. The number of anilines is 2. The van der Waals surface area contributed by atoms with Crippen molar-refractivity contribution in [3.63, 3.8) is 0 Å². The van der Waals surface area contributed by atoms with Gasteiger partial charge in [0.2, 0.25) is 5.78 Å².